The Bertz CT molecular complexity index is 908. The van der Waals surface area contributed by atoms with Crippen LogP contribution in [0.2, 0.25) is 0 Å². The van der Waals surface area contributed by atoms with Crippen molar-refractivity contribution in [3.8, 4) is 11.5 Å². The standard InChI is InChI=1S/C30H53O6P/c1-21(2)12-9-13-22(3)14-10-15-23(4)16-11-18-30(8)19-17-27-26(7)28(34-20-35-37(31,32)33)24(5)25(6)29(27)36-30/h21-23H,9-20H2,1-8H3,(H2,31,32,33). The smallest absolute Gasteiger partial charge is 0.472 e. The molecule has 7 heteroatoms. The molecule has 0 aliphatic carbocycles. The molecule has 0 spiro atoms. The van der Waals surface area contributed by atoms with Gasteiger partial charge in [-0.1, -0.05) is 72.6 Å². The van der Waals surface area contributed by atoms with E-state index in [0.717, 1.165) is 65.0 Å². The first-order valence-corrected chi connectivity index (χ1v) is 15.9. The zero-order valence-electron chi connectivity index (χ0n) is 24.7. The SMILES string of the molecule is Cc1c(C)c2c(c(C)c1OCOP(=O)(O)O)CCC(C)(CCCC(C)CCCC(C)CCCC(C)C)O2. The first kappa shape index (κ1) is 32.1. The summed E-state index contributed by atoms with van der Waals surface area (Å²) in [7, 11) is -4.57. The fourth-order valence-electron chi connectivity index (χ4n) is 5.63. The predicted molar refractivity (Wildman–Crippen MR) is 151 cm³/mol. The lowest BCUT2D eigenvalue weighted by atomic mass is 9.83. The van der Waals surface area contributed by atoms with Gasteiger partial charge in [-0.3, -0.25) is 0 Å². The van der Waals surface area contributed by atoms with Crippen LogP contribution in [0, 0.1) is 38.5 Å². The van der Waals surface area contributed by atoms with Gasteiger partial charge in [0.1, 0.15) is 17.1 Å². The second kappa shape index (κ2) is 14.4. The first-order chi connectivity index (χ1) is 17.2. The van der Waals surface area contributed by atoms with Crippen molar-refractivity contribution < 1.29 is 28.3 Å². The quantitative estimate of drug-likeness (QED) is 0.161. The number of fused-ring (bicyclic) bond motifs is 1. The Morgan fingerprint density at radius 1 is 0.892 bits per heavy atom. The minimum absolute atomic E-state index is 0.173. The number of ether oxygens (including phenoxy) is 2. The summed E-state index contributed by atoms with van der Waals surface area (Å²) < 4.78 is 27.8. The lowest BCUT2D eigenvalue weighted by Gasteiger charge is -2.38. The van der Waals surface area contributed by atoms with Gasteiger partial charge in [-0.2, -0.15) is 0 Å². The van der Waals surface area contributed by atoms with E-state index < -0.39 is 14.6 Å². The van der Waals surface area contributed by atoms with Gasteiger partial charge in [-0.25, -0.2) is 9.09 Å². The number of phosphoric ester groups is 1. The van der Waals surface area contributed by atoms with E-state index in [4.69, 9.17) is 19.3 Å². The van der Waals surface area contributed by atoms with Gasteiger partial charge in [0, 0.05) is 5.56 Å². The van der Waals surface area contributed by atoms with Gasteiger partial charge in [0.2, 0.25) is 0 Å². The molecule has 1 aliphatic heterocycles. The van der Waals surface area contributed by atoms with Gasteiger partial charge in [0.15, 0.2) is 6.79 Å². The number of rotatable bonds is 16. The Balaban J connectivity index is 1.84. The van der Waals surface area contributed by atoms with Gasteiger partial charge < -0.3 is 19.3 Å². The summed E-state index contributed by atoms with van der Waals surface area (Å²) in [4.78, 5) is 17.9. The number of phosphoric acid groups is 1. The molecular weight excluding hydrogens is 487 g/mol. The van der Waals surface area contributed by atoms with Crippen LogP contribution in [0.5, 0.6) is 11.5 Å². The van der Waals surface area contributed by atoms with Crippen molar-refractivity contribution in [3.05, 3.63) is 22.3 Å². The molecule has 1 heterocycles. The van der Waals surface area contributed by atoms with Crippen molar-refractivity contribution in [1.29, 1.82) is 0 Å². The van der Waals surface area contributed by atoms with Crippen LogP contribution in [0.25, 0.3) is 0 Å². The second-order valence-corrected chi connectivity index (χ2v) is 13.5. The van der Waals surface area contributed by atoms with Crippen LogP contribution in [0.15, 0.2) is 0 Å². The van der Waals surface area contributed by atoms with Crippen LogP contribution in [-0.4, -0.2) is 22.2 Å². The topological polar surface area (TPSA) is 85.2 Å². The van der Waals surface area contributed by atoms with Gasteiger partial charge in [0.05, 0.1) is 0 Å². The molecule has 0 bridgehead atoms. The molecule has 37 heavy (non-hydrogen) atoms. The van der Waals surface area contributed by atoms with Crippen LogP contribution >= 0.6 is 7.82 Å². The predicted octanol–water partition coefficient (Wildman–Crippen LogP) is 8.58. The molecule has 0 saturated heterocycles. The van der Waals surface area contributed by atoms with Gasteiger partial charge >= 0.3 is 7.82 Å². The van der Waals surface area contributed by atoms with Crippen molar-refractivity contribution in [2.24, 2.45) is 17.8 Å². The molecular formula is C30H53O6P. The minimum Gasteiger partial charge on any atom is -0.487 e. The third-order valence-corrected chi connectivity index (χ3v) is 8.70. The number of hydrogen-bond acceptors (Lipinski definition) is 4. The average Bonchev–Trinajstić information content (AvgIpc) is 2.78. The highest BCUT2D eigenvalue weighted by molar-refractivity contribution is 7.46. The molecule has 3 atom stereocenters. The number of benzene rings is 1. The van der Waals surface area contributed by atoms with E-state index in [2.05, 4.69) is 39.1 Å². The van der Waals surface area contributed by atoms with Gasteiger partial charge in [0.25, 0.3) is 0 Å². The summed E-state index contributed by atoms with van der Waals surface area (Å²) in [6.45, 7) is 17.2. The fraction of sp³-hybridized carbons (Fsp3) is 0.800. The van der Waals surface area contributed by atoms with Crippen molar-refractivity contribution in [1.82, 2.24) is 0 Å². The average molecular weight is 541 g/mol. The van der Waals surface area contributed by atoms with Gasteiger partial charge in [-0.05, 0) is 87.8 Å². The monoisotopic (exact) mass is 540 g/mol. The van der Waals surface area contributed by atoms with Crippen molar-refractivity contribution in [2.45, 2.75) is 132 Å². The normalized spacial score (nSPS) is 19.4. The van der Waals surface area contributed by atoms with Crippen molar-refractivity contribution in [3.63, 3.8) is 0 Å². The van der Waals surface area contributed by atoms with Crippen LogP contribution in [0.4, 0.5) is 0 Å². The molecule has 0 amide bonds. The van der Waals surface area contributed by atoms with E-state index in [1.54, 1.807) is 0 Å². The molecule has 3 unspecified atom stereocenters. The third-order valence-electron chi connectivity index (χ3n) is 8.26. The summed E-state index contributed by atoms with van der Waals surface area (Å²) in [5, 5.41) is 0. The maximum absolute atomic E-state index is 11.0. The first-order valence-electron chi connectivity index (χ1n) is 14.4. The fourth-order valence-corrected chi connectivity index (χ4v) is 5.82. The highest BCUT2D eigenvalue weighted by Gasteiger charge is 2.34. The molecule has 0 radical (unpaired) electrons. The molecule has 1 aromatic rings. The largest absolute Gasteiger partial charge is 0.487 e. The molecule has 0 saturated carbocycles. The van der Waals surface area contributed by atoms with Crippen LogP contribution in [0.1, 0.15) is 121 Å². The molecule has 0 aromatic heterocycles. The molecule has 0 fully saturated rings. The molecule has 2 rings (SSSR count). The van der Waals surface area contributed by atoms with E-state index in [-0.39, 0.29) is 5.60 Å². The van der Waals surface area contributed by atoms with E-state index in [1.165, 1.54) is 51.4 Å². The van der Waals surface area contributed by atoms with E-state index >= 15 is 0 Å². The minimum atomic E-state index is -4.57. The Kier molecular flexibility index (Phi) is 12.5. The van der Waals surface area contributed by atoms with Crippen molar-refractivity contribution >= 4 is 7.82 Å². The van der Waals surface area contributed by atoms with E-state index in [9.17, 15) is 4.57 Å². The van der Waals surface area contributed by atoms with Crippen molar-refractivity contribution in [2.75, 3.05) is 6.79 Å². The Morgan fingerprint density at radius 2 is 1.46 bits per heavy atom. The Hall–Kier alpha value is -1.07. The Labute approximate surface area is 226 Å². The summed E-state index contributed by atoms with van der Waals surface area (Å²) >= 11 is 0. The summed E-state index contributed by atoms with van der Waals surface area (Å²) in [6.07, 6.45) is 13.4. The van der Waals surface area contributed by atoms with Crippen LogP contribution < -0.4 is 9.47 Å². The number of hydrogen-bond donors (Lipinski definition) is 2. The molecule has 214 valence electrons. The zero-order valence-corrected chi connectivity index (χ0v) is 25.6. The van der Waals surface area contributed by atoms with E-state index in [1.807, 2.05) is 20.8 Å². The summed E-state index contributed by atoms with van der Waals surface area (Å²) in [5.74, 6) is 4.00. The van der Waals surface area contributed by atoms with Crippen LogP contribution in [-0.2, 0) is 15.5 Å². The molecule has 1 aliphatic rings. The second-order valence-electron chi connectivity index (χ2n) is 12.3. The molecule has 2 N–H and O–H groups in total. The maximum atomic E-state index is 11.0. The highest BCUT2D eigenvalue weighted by Crippen LogP contribution is 2.45. The maximum Gasteiger partial charge on any atom is 0.472 e. The van der Waals surface area contributed by atoms with E-state index in [0.29, 0.717) is 5.75 Å². The van der Waals surface area contributed by atoms with Crippen LogP contribution in [0.3, 0.4) is 0 Å². The Morgan fingerprint density at radius 3 is 2.03 bits per heavy atom. The molecule has 1 aromatic carbocycles. The zero-order chi connectivity index (χ0) is 27.8. The summed E-state index contributed by atoms with van der Waals surface area (Å²) in [5.41, 5.74) is 3.85. The summed E-state index contributed by atoms with van der Waals surface area (Å²) in [6, 6.07) is 0. The lowest BCUT2D eigenvalue weighted by molar-refractivity contribution is 0.0502. The lowest BCUT2D eigenvalue weighted by Crippen LogP contribution is -2.37. The highest BCUT2D eigenvalue weighted by atomic mass is 31.2. The third kappa shape index (κ3) is 10.5. The molecule has 6 nitrogen and oxygen atoms in total. The van der Waals surface area contributed by atoms with Gasteiger partial charge in [-0.15, -0.1) is 0 Å².